The first kappa shape index (κ1) is 16.6. The highest BCUT2D eigenvalue weighted by atomic mass is 16.5. The third-order valence-corrected chi connectivity index (χ3v) is 3.30. The van der Waals surface area contributed by atoms with Crippen molar-refractivity contribution in [1.82, 2.24) is 15.0 Å². The number of nitrogens with zero attached hydrogens (tertiary/aromatic N) is 3. The maximum absolute atomic E-state index is 5.34. The highest BCUT2D eigenvalue weighted by Crippen LogP contribution is 2.08. The Morgan fingerprint density at radius 2 is 1.73 bits per heavy atom. The van der Waals surface area contributed by atoms with Crippen LogP contribution >= 0.6 is 0 Å². The van der Waals surface area contributed by atoms with Gasteiger partial charge in [0.2, 0.25) is 5.89 Å². The van der Waals surface area contributed by atoms with E-state index in [1.807, 2.05) is 18.2 Å². The lowest BCUT2D eigenvalue weighted by molar-refractivity contribution is 0.103. The lowest BCUT2D eigenvalue weighted by atomic mass is 10.1. The molecule has 0 atom stereocenters. The van der Waals surface area contributed by atoms with E-state index in [0.717, 1.165) is 13.1 Å². The van der Waals surface area contributed by atoms with E-state index in [-0.39, 0.29) is 0 Å². The number of ether oxygens (including phenoxy) is 2. The molecule has 22 heavy (non-hydrogen) atoms. The first-order valence-corrected chi connectivity index (χ1v) is 7.37. The van der Waals surface area contributed by atoms with E-state index in [9.17, 15) is 0 Å². The molecule has 0 saturated heterocycles. The van der Waals surface area contributed by atoms with Crippen molar-refractivity contribution in [2.45, 2.75) is 13.0 Å². The fourth-order valence-corrected chi connectivity index (χ4v) is 2.11. The van der Waals surface area contributed by atoms with Gasteiger partial charge in [-0.1, -0.05) is 35.5 Å². The molecule has 1 heterocycles. The zero-order valence-corrected chi connectivity index (χ0v) is 13.2. The molecule has 0 unspecified atom stereocenters. The van der Waals surface area contributed by atoms with E-state index >= 15 is 0 Å². The van der Waals surface area contributed by atoms with E-state index in [0.29, 0.717) is 37.9 Å². The fraction of sp³-hybridized carbons (Fsp3) is 0.500. The van der Waals surface area contributed by atoms with Crippen molar-refractivity contribution >= 4 is 0 Å². The molecule has 0 saturated carbocycles. The van der Waals surface area contributed by atoms with Gasteiger partial charge in [0.25, 0.3) is 0 Å². The van der Waals surface area contributed by atoms with Gasteiger partial charge in [0.15, 0.2) is 5.82 Å². The van der Waals surface area contributed by atoms with E-state index in [4.69, 9.17) is 14.0 Å². The number of rotatable bonds is 10. The van der Waals surface area contributed by atoms with Gasteiger partial charge in [0, 0.05) is 33.7 Å². The molecule has 0 aliphatic heterocycles. The monoisotopic (exact) mass is 305 g/mol. The molecule has 0 N–H and O–H groups in total. The van der Waals surface area contributed by atoms with Gasteiger partial charge >= 0.3 is 0 Å². The molecule has 0 fully saturated rings. The lowest BCUT2D eigenvalue weighted by Crippen LogP contribution is -2.30. The Kier molecular flexibility index (Phi) is 7.02. The fourth-order valence-electron chi connectivity index (χ4n) is 2.11. The molecule has 0 aliphatic carbocycles. The van der Waals surface area contributed by atoms with Crippen LogP contribution in [0.4, 0.5) is 0 Å². The van der Waals surface area contributed by atoms with Crippen LogP contribution in [-0.4, -0.2) is 55.6 Å². The molecule has 0 aliphatic rings. The molecule has 0 spiro atoms. The third kappa shape index (κ3) is 5.55. The summed E-state index contributed by atoms with van der Waals surface area (Å²) in [5.74, 6) is 1.33. The molecular weight excluding hydrogens is 282 g/mol. The molecule has 6 nitrogen and oxygen atoms in total. The number of methoxy groups -OCH3 is 2. The Morgan fingerprint density at radius 3 is 2.36 bits per heavy atom. The van der Waals surface area contributed by atoms with Crippen LogP contribution in [-0.2, 0) is 22.4 Å². The van der Waals surface area contributed by atoms with Crippen molar-refractivity contribution in [2.24, 2.45) is 0 Å². The summed E-state index contributed by atoms with van der Waals surface area (Å²) in [4.78, 5) is 6.63. The summed E-state index contributed by atoms with van der Waals surface area (Å²) in [6.07, 6.45) is 0.681. The van der Waals surface area contributed by atoms with Crippen molar-refractivity contribution in [3.8, 4) is 0 Å². The van der Waals surface area contributed by atoms with Crippen molar-refractivity contribution in [2.75, 3.05) is 40.5 Å². The van der Waals surface area contributed by atoms with Gasteiger partial charge in [0.05, 0.1) is 19.8 Å². The van der Waals surface area contributed by atoms with Crippen molar-refractivity contribution in [1.29, 1.82) is 0 Å². The molecule has 2 rings (SSSR count). The standard InChI is InChI=1S/C16H23N3O3/c1-20-10-8-19(9-11-21-2)13-16-17-15(18-22-16)12-14-6-4-3-5-7-14/h3-7H,8-13H2,1-2H3. The van der Waals surface area contributed by atoms with Crippen LogP contribution in [0.1, 0.15) is 17.3 Å². The summed E-state index contributed by atoms with van der Waals surface area (Å²) in [5, 5.41) is 4.05. The molecular formula is C16H23N3O3. The van der Waals surface area contributed by atoms with Crippen molar-refractivity contribution in [3.05, 3.63) is 47.6 Å². The summed E-state index contributed by atoms with van der Waals surface area (Å²) in [5.41, 5.74) is 1.17. The van der Waals surface area contributed by atoms with Crippen LogP contribution in [0.2, 0.25) is 0 Å². The lowest BCUT2D eigenvalue weighted by Gasteiger charge is -2.19. The Labute approximate surface area is 131 Å². The quantitative estimate of drug-likeness (QED) is 0.666. The third-order valence-electron chi connectivity index (χ3n) is 3.30. The zero-order valence-electron chi connectivity index (χ0n) is 13.2. The van der Waals surface area contributed by atoms with E-state index in [2.05, 4.69) is 27.2 Å². The number of hydrogen-bond acceptors (Lipinski definition) is 6. The predicted octanol–water partition coefficient (Wildman–Crippen LogP) is 1.76. The Morgan fingerprint density at radius 1 is 1.05 bits per heavy atom. The van der Waals surface area contributed by atoms with Crippen LogP contribution in [0.25, 0.3) is 0 Å². The molecule has 1 aromatic carbocycles. The molecule has 1 aromatic heterocycles. The maximum Gasteiger partial charge on any atom is 0.240 e. The molecule has 6 heteroatoms. The van der Waals surface area contributed by atoms with Crippen LogP contribution in [0, 0.1) is 0 Å². The highest BCUT2D eigenvalue weighted by Gasteiger charge is 2.12. The normalized spacial score (nSPS) is 11.2. The Balaban J connectivity index is 1.91. The van der Waals surface area contributed by atoms with Gasteiger partial charge in [-0.2, -0.15) is 4.98 Å². The van der Waals surface area contributed by atoms with E-state index in [1.54, 1.807) is 14.2 Å². The summed E-state index contributed by atoms with van der Waals surface area (Å²) in [7, 11) is 3.39. The van der Waals surface area contributed by atoms with Crippen LogP contribution < -0.4 is 0 Å². The van der Waals surface area contributed by atoms with E-state index < -0.39 is 0 Å². The first-order chi connectivity index (χ1) is 10.8. The van der Waals surface area contributed by atoms with Crippen LogP contribution in [0.5, 0.6) is 0 Å². The van der Waals surface area contributed by atoms with E-state index in [1.165, 1.54) is 5.56 Å². The number of benzene rings is 1. The summed E-state index contributed by atoms with van der Waals surface area (Å²) >= 11 is 0. The smallest absolute Gasteiger partial charge is 0.240 e. The molecule has 0 radical (unpaired) electrons. The number of aromatic nitrogens is 2. The topological polar surface area (TPSA) is 60.6 Å². The number of hydrogen-bond donors (Lipinski definition) is 0. The minimum atomic E-state index is 0.606. The minimum absolute atomic E-state index is 0.606. The molecule has 120 valence electrons. The first-order valence-electron chi connectivity index (χ1n) is 7.37. The van der Waals surface area contributed by atoms with Crippen molar-refractivity contribution in [3.63, 3.8) is 0 Å². The van der Waals surface area contributed by atoms with Crippen molar-refractivity contribution < 1.29 is 14.0 Å². The Hall–Kier alpha value is -1.76. The average molecular weight is 305 g/mol. The highest BCUT2D eigenvalue weighted by molar-refractivity contribution is 5.18. The Bertz CT molecular complexity index is 522. The second kappa shape index (κ2) is 9.30. The maximum atomic E-state index is 5.34. The van der Waals surface area contributed by atoms with Crippen LogP contribution in [0.3, 0.4) is 0 Å². The molecule has 2 aromatic rings. The average Bonchev–Trinajstić information content (AvgIpc) is 2.98. The zero-order chi connectivity index (χ0) is 15.6. The van der Waals surface area contributed by atoms with Gasteiger partial charge in [0.1, 0.15) is 0 Å². The largest absolute Gasteiger partial charge is 0.383 e. The second-order valence-electron chi connectivity index (χ2n) is 5.03. The SMILES string of the molecule is COCCN(CCOC)Cc1nc(Cc2ccccc2)no1. The predicted molar refractivity (Wildman–Crippen MR) is 82.6 cm³/mol. The molecule has 0 amide bonds. The molecule has 0 bridgehead atoms. The van der Waals surface area contributed by atoms with Gasteiger partial charge in [-0.15, -0.1) is 0 Å². The van der Waals surface area contributed by atoms with Crippen LogP contribution in [0.15, 0.2) is 34.9 Å². The van der Waals surface area contributed by atoms with Gasteiger partial charge in [-0.3, -0.25) is 4.90 Å². The van der Waals surface area contributed by atoms with Gasteiger partial charge < -0.3 is 14.0 Å². The summed E-state index contributed by atoms with van der Waals surface area (Å²) in [6.45, 7) is 3.53. The van der Waals surface area contributed by atoms with Gasteiger partial charge in [-0.05, 0) is 5.56 Å². The summed E-state index contributed by atoms with van der Waals surface area (Å²) in [6, 6.07) is 10.1. The van der Waals surface area contributed by atoms with Gasteiger partial charge in [-0.25, -0.2) is 0 Å². The second-order valence-corrected chi connectivity index (χ2v) is 5.03. The summed E-state index contributed by atoms with van der Waals surface area (Å²) < 4.78 is 15.6. The minimum Gasteiger partial charge on any atom is -0.383 e.